The van der Waals surface area contributed by atoms with Crippen molar-refractivity contribution in [2.45, 2.75) is 44.9 Å². The van der Waals surface area contributed by atoms with Crippen molar-refractivity contribution in [3.05, 3.63) is 35.9 Å². The van der Waals surface area contributed by atoms with E-state index in [1.807, 2.05) is 11.0 Å². The highest BCUT2D eigenvalue weighted by molar-refractivity contribution is 5.79. The summed E-state index contributed by atoms with van der Waals surface area (Å²) in [5.41, 5.74) is 1.38. The van der Waals surface area contributed by atoms with Crippen molar-refractivity contribution in [3.63, 3.8) is 0 Å². The maximum atomic E-state index is 12.7. The summed E-state index contributed by atoms with van der Waals surface area (Å²) in [4.78, 5) is 25.3. The third kappa shape index (κ3) is 5.08. The number of nitrogens with one attached hydrogen (secondary N) is 1. The van der Waals surface area contributed by atoms with E-state index in [-0.39, 0.29) is 13.3 Å². The molecule has 23 heavy (non-hydrogen) atoms. The normalized spacial score (nSPS) is 16.8. The fourth-order valence-corrected chi connectivity index (χ4v) is 3.37. The summed E-state index contributed by atoms with van der Waals surface area (Å²) >= 11 is 0. The van der Waals surface area contributed by atoms with Gasteiger partial charge in [0.1, 0.15) is 0 Å². The number of piperidine rings is 1. The van der Waals surface area contributed by atoms with Gasteiger partial charge in [-0.1, -0.05) is 50.1 Å². The second-order valence-electron chi connectivity index (χ2n) is 6.38. The zero-order chi connectivity index (χ0) is 16.5. The van der Waals surface area contributed by atoms with Gasteiger partial charge in [0.25, 0.3) is 0 Å². The second kappa shape index (κ2) is 9.33. The van der Waals surface area contributed by atoms with Gasteiger partial charge in [-0.2, -0.15) is 0 Å². The highest BCUT2D eigenvalue weighted by Crippen LogP contribution is 2.28. The number of hydrogen-bond acceptors (Lipinski definition) is 2. The molecule has 0 unspecified atom stereocenters. The fourth-order valence-electron chi connectivity index (χ4n) is 3.37. The smallest absolute Gasteiger partial charge is 0.227 e. The van der Waals surface area contributed by atoms with Crippen LogP contribution in [-0.2, 0) is 9.59 Å². The molecule has 2 amide bonds. The summed E-state index contributed by atoms with van der Waals surface area (Å²) in [6.45, 7) is 4.23. The fraction of sp³-hybridized carbons (Fsp3) is 0.579. The lowest BCUT2D eigenvalue weighted by molar-refractivity contribution is -0.136. The van der Waals surface area contributed by atoms with Gasteiger partial charge < -0.3 is 10.2 Å². The first-order valence-corrected chi connectivity index (χ1v) is 8.77. The van der Waals surface area contributed by atoms with E-state index in [4.69, 9.17) is 0 Å². The van der Waals surface area contributed by atoms with Crippen LogP contribution in [0.4, 0.5) is 0 Å². The first-order chi connectivity index (χ1) is 11.3. The topological polar surface area (TPSA) is 49.4 Å². The molecular weight excluding hydrogens is 288 g/mol. The van der Waals surface area contributed by atoms with Gasteiger partial charge in [0.2, 0.25) is 12.3 Å². The van der Waals surface area contributed by atoms with Crippen LogP contribution in [0.1, 0.15) is 51.9 Å². The van der Waals surface area contributed by atoms with Gasteiger partial charge in [-0.15, -0.1) is 0 Å². The van der Waals surface area contributed by atoms with E-state index < -0.39 is 0 Å². The van der Waals surface area contributed by atoms with Crippen LogP contribution in [0.5, 0.6) is 0 Å². The van der Waals surface area contributed by atoms with Gasteiger partial charge in [0, 0.05) is 21.1 Å². The van der Waals surface area contributed by atoms with E-state index in [0.717, 1.165) is 45.2 Å². The summed E-state index contributed by atoms with van der Waals surface area (Å²) in [6.07, 6.45) is 5.69. The molecule has 128 valence electrons. The zero-order valence-electron chi connectivity index (χ0n) is 14.0. The van der Waals surface area contributed by atoms with Gasteiger partial charge in [0.15, 0.2) is 0 Å². The summed E-state index contributed by atoms with van der Waals surface area (Å²) in [5.74, 6) is 0.690. The van der Waals surface area contributed by atoms with Gasteiger partial charge in [-0.05, 0) is 30.7 Å². The Labute approximate surface area is 140 Å². The molecule has 0 aromatic heterocycles. The highest BCUT2D eigenvalue weighted by Gasteiger charge is 2.28. The van der Waals surface area contributed by atoms with E-state index in [1.165, 1.54) is 5.56 Å². The molecule has 0 aliphatic carbocycles. The third-order valence-corrected chi connectivity index (χ3v) is 4.78. The average molecular weight is 318 g/mol. The van der Waals surface area contributed by atoms with E-state index >= 15 is 0 Å². The molecule has 1 aliphatic heterocycles. The minimum absolute atomic E-state index is 0. The van der Waals surface area contributed by atoms with Crippen LogP contribution in [0.15, 0.2) is 30.3 Å². The van der Waals surface area contributed by atoms with Crippen molar-refractivity contribution in [1.82, 2.24) is 10.2 Å². The molecule has 2 rings (SSSR count). The molecule has 0 saturated carbocycles. The molecule has 1 aromatic rings. The Hall–Kier alpha value is -1.84. The Balaban J connectivity index is 0.00000288. The predicted octanol–water partition coefficient (Wildman–Crippen LogP) is 3.19. The molecule has 1 atom stereocenters. The molecule has 4 nitrogen and oxygen atoms in total. The Morgan fingerprint density at radius 1 is 1.35 bits per heavy atom. The quantitative estimate of drug-likeness (QED) is 0.748. The number of benzene rings is 1. The number of carbonyl (C=O) groups excluding carboxylic acids is 2. The van der Waals surface area contributed by atoms with Crippen molar-refractivity contribution in [2.75, 3.05) is 19.6 Å². The largest absolute Gasteiger partial charge is 0.358 e. The minimum Gasteiger partial charge on any atom is -0.358 e. The van der Waals surface area contributed by atoms with Crippen LogP contribution < -0.4 is 5.32 Å². The van der Waals surface area contributed by atoms with Crippen LogP contribution in [0, 0.1) is 5.92 Å². The van der Waals surface area contributed by atoms with Crippen LogP contribution in [0.3, 0.4) is 0 Å². The van der Waals surface area contributed by atoms with Gasteiger partial charge in [-0.25, -0.2) is 0 Å². The molecule has 0 radical (unpaired) electrons. The molecule has 1 saturated heterocycles. The van der Waals surface area contributed by atoms with Crippen LogP contribution >= 0.6 is 0 Å². The second-order valence-corrected chi connectivity index (χ2v) is 6.38. The summed E-state index contributed by atoms with van der Waals surface area (Å²) in [5, 5.41) is 2.68. The van der Waals surface area contributed by atoms with Crippen molar-refractivity contribution < 1.29 is 11.0 Å². The number of likely N-dealkylation sites (tertiary alicyclic amines) is 1. The van der Waals surface area contributed by atoms with Gasteiger partial charge >= 0.3 is 0 Å². The molecule has 1 aliphatic rings. The number of nitrogens with zero attached hydrogens (tertiary/aromatic N) is 1. The maximum Gasteiger partial charge on any atom is 0.227 e. The molecule has 1 fully saturated rings. The van der Waals surface area contributed by atoms with Crippen molar-refractivity contribution >= 4 is 12.3 Å². The number of carbonyl (C=O) groups is 2. The monoisotopic (exact) mass is 318 g/mol. The van der Waals surface area contributed by atoms with E-state index in [1.54, 1.807) is 0 Å². The Bertz CT molecular complexity index is 487. The van der Waals surface area contributed by atoms with Crippen molar-refractivity contribution in [2.24, 2.45) is 5.92 Å². The van der Waals surface area contributed by atoms with Crippen molar-refractivity contribution in [3.8, 4) is 0 Å². The summed E-state index contributed by atoms with van der Waals surface area (Å²) in [7, 11) is 0. The molecule has 0 spiro atoms. The zero-order valence-corrected chi connectivity index (χ0v) is 14.0. The van der Waals surface area contributed by atoms with Crippen LogP contribution in [0.2, 0.25) is 0 Å². The third-order valence-electron chi connectivity index (χ3n) is 4.78. The summed E-state index contributed by atoms with van der Waals surface area (Å²) in [6, 6.07) is 10.6. The van der Waals surface area contributed by atoms with E-state index in [9.17, 15) is 9.59 Å². The Kier molecular flexibility index (Phi) is 7.11. The van der Waals surface area contributed by atoms with Crippen molar-refractivity contribution in [1.29, 1.82) is 0 Å². The Morgan fingerprint density at radius 2 is 2.04 bits per heavy atom. The maximum absolute atomic E-state index is 12.7. The number of rotatable bonds is 8. The molecule has 1 N–H and O–H groups in total. The van der Waals surface area contributed by atoms with Crippen LogP contribution in [0.25, 0.3) is 0 Å². The summed E-state index contributed by atoms with van der Waals surface area (Å²) < 4.78 is 0. The lowest BCUT2D eigenvalue weighted by atomic mass is 9.88. The lowest BCUT2D eigenvalue weighted by Crippen LogP contribution is -2.44. The first-order valence-electron chi connectivity index (χ1n) is 8.77. The average Bonchev–Trinajstić information content (AvgIpc) is 2.62. The highest BCUT2D eigenvalue weighted by atomic mass is 16.2. The molecular formula is C19H30N2O2. The minimum atomic E-state index is -0.0755. The SMILES string of the molecule is CCCC[C@H](CNC=O)C(=O)N1CCC(c2ccccc2)CC1.[HH]. The first kappa shape index (κ1) is 17.5. The lowest BCUT2D eigenvalue weighted by Gasteiger charge is -2.34. The molecule has 1 heterocycles. The van der Waals surface area contributed by atoms with E-state index in [0.29, 0.717) is 18.9 Å². The standard InChI is InChI=1S/C19H28N2O2.H2/c1-2-3-7-18(14-20-15-22)19(23)21-12-10-17(11-13-21)16-8-5-4-6-9-16;/h4-6,8-9,15,17-18H,2-3,7,10-14H2,1H3,(H,20,22);1H/t18-;/m1./s1. The predicted molar refractivity (Wildman–Crippen MR) is 94.2 cm³/mol. The molecule has 1 aromatic carbocycles. The number of hydrogen-bond donors (Lipinski definition) is 1. The number of amides is 2. The Morgan fingerprint density at radius 3 is 2.65 bits per heavy atom. The molecule has 4 heteroatoms. The van der Waals surface area contributed by atoms with Gasteiger partial charge in [-0.3, -0.25) is 9.59 Å². The van der Waals surface area contributed by atoms with E-state index in [2.05, 4.69) is 36.5 Å². The number of unbranched alkanes of at least 4 members (excludes halogenated alkanes) is 1. The van der Waals surface area contributed by atoms with Gasteiger partial charge in [0.05, 0.1) is 5.92 Å². The molecule has 0 bridgehead atoms. The van der Waals surface area contributed by atoms with Crippen LogP contribution in [-0.4, -0.2) is 36.9 Å².